The summed E-state index contributed by atoms with van der Waals surface area (Å²) >= 11 is 0. The monoisotopic (exact) mass is 210 g/mol. The van der Waals surface area contributed by atoms with Crippen LogP contribution in [0, 0.1) is 5.82 Å². The Hall–Kier alpha value is -1.05. The lowest BCUT2D eigenvalue weighted by molar-refractivity contribution is 0.301. The minimum Gasteiger partial charge on any atom is -0.490 e. The molecule has 1 aromatic carbocycles. The van der Waals surface area contributed by atoms with E-state index in [1.54, 1.807) is 6.07 Å². The molecule has 0 heterocycles. The summed E-state index contributed by atoms with van der Waals surface area (Å²) in [4.78, 5) is 0. The Kier molecular flexibility index (Phi) is 4.60. The Morgan fingerprint density at radius 1 is 1.27 bits per heavy atom. The molecule has 15 heavy (non-hydrogen) atoms. The van der Waals surface area contributed by atoms with Gasteiger partial charge in [0.15, 0.2) is 0 Å². The number of rotatable bonds is 3. The molecule has 1 aromatic rings. The fourth-order valence-electron chi connectivity index (χ4n) is 1.27. The summed E-state index contributed by atoms with van der Waals surface area (Å²) in [6.45, 7) is 6.01. The molecule has 2 heteroatoms. The van der Waals surface area contributed by atoms with Crippen LogP contribution in [0.2, 0.25) is 0 Å². The molecule has 0 radical (unpaired) electrons. The minimum absolute atomic E-state index is 0.199. The molecular formula is C13H19FO. The molecule has 0 unspecified atom stereocenters. The topological polar surface area (TPSA) is 9.23 Å². The lowest BCUT2D eigenvalue weighted by Crippen LogP contribution is -1.97. The molecule has 1 aliphatic carbocycles. The van der Waals surface area contributed by atoms with Crippen LogP contribution in [0.5, 0.6) is 5.75 Å². The van der Waals surface area contributed by atoms with Crippen molar-refractivity contribution in [2.24, 2.45) is 0 Å². The SMILES string of the molecule is CC.CCc1cc(F)cc(OC2CC2)c1. The second kappa shape index (κ2) is 5.74. The van der Waals surface area contributed by atoms with Crippen LogP contribution in [0.15, 0.2) is 18.2 Å². The Morgan fingerprint density at radius 3 is 2.47 bits per heavy atom. The average molecular weight is 210 g/mol. The first kappa shape index (κ1) is 12.0. The van der Waals surface area contributed by atoms with Crippen molar-refractivity contribution < 1.29 is 9.13 Å². The van der Waals surface area contributed by atoms with Crippen molar-refractivity contribution in [1.82, 2.24) is 0 Å². The van der Waals surface area contributed by atoms with Gasteiger partial charge >= 0.3 is 0 Å². The van der Waals surface area contributed by atoms with Crippen molar-refractivity contribution in [2.45, 2.75) is 46.1 Å². The number of hydrogen-bond donors (Lipinski definition) is 0. The van der Waals surface area contributed by atoms with Crippen LogP contribution in [-0.4, -0.2) is 6.10 Å². The molecule has 1 fully saturated rings. The largest absolute Gasteiger partial charge is 0.490 e. The van der Waals surface area contributed by atoms with Crippen molar-refractivity contribution >= 4 is 0 Å². The Bertz CT molecular complexity index is 305. The van der Waals surface area contributed by atoms with Crippen molar-refractivity contribution in [2.75, 3.05) is 0 Å². The molecule has 2 rings (SSSR count). The van der Waals surface area contributed by atoms with Crippen LogP contribution < -0.4 is 4.74 Å². The van der Waals surface area contributed by atoms with Gasteiger partial charge in [0, 0.05) is 6.07 Å². The zero-order valence-corrected chi connectivity index (χ0v) is 9.72. The third-order valence-electron chi connectivity index (χ3n) is 2.17. The maximum Gasteiger partial charge on any atom is 0.127 e. The van der Waals surface area contributed by atoms with Crippen molar-refractivity contribution in [1.29, 1.82) is 0 Å². The van der Waals surface area contributed by atoms with Gasteiger partial charge in [-0.25, -0.2) is 4.39 Å². The standard InChI is InChI=1S/C11H13FO.C2H6/c1-2-8-5-9(12)7-11(6-8)13-10-3-4-10;1-2/h5-7,10H,2-4H2,1H3;1-2H3. The first-order valence-corrected chi connectivity index (χ1v) is 5.74. The Morgan fingerprint density at radius 2 is 1.93 bits per heavy atom. The molecule has 0 N–H and O–H groups in total. The summed E-state index contributed by atoms with van der Waals surface area (Å²) in [5.41, 5.74) is 0.996. The molecule has 1 saturated carbocycles. The van der Waals surface area contributed by atoms with E-state index in [2.05, 4.69) is 0 Å². The third kappa shape index (κ3) is 3.90. The number of hydrogen-bond acceptors (Lipinski definition) is 1. The predicted molar refractivity (Wildman–Crippen MR) is 60.8 cm³/mol. The zero-order valence-electron chi connectivity index (χ0n) is 9.72. The van der Waals surface area contributed by atoms with Crippen LogP contribution in [0.4, 0.5) is 4.39 Å². The first-order valence-electron chi connectivity index (χ1n) is 5.74. The van der Waals surface area contributed by atoms with E-state index in [1.807, 2.05) is 26.8 Å². The van der Waals surface area contributed by atoms with E-state index in [4.69, 9.17) is 4.74 Å². The summed E-state index contributed by atoms with van der Waals surface area (Å²) in [6.07, 6.45) is 3.40. The molecule has 0 atom stereocenters. The van der Waals surface area contributed by atoms with E-state index in [9.17, 15) is 4.39 Å². The summed E-state index contributed by atoms with van der Waals surface area (Å²) in [5, 5.41) is 0. The van der Waals surface area contributed by atoms with E-state index in [1.165, 1.54) is 6.07 Å². The maximum absolute atomic E-state index is 13.0. The summed E-state index contributed by atoms with van der Waals surface area (Å²) in [7, 11) is 0. The second-order valence-electron chi connectivity index (χ2n) is 3.47. The quantitative estimate of drug-likeness (QED) is 0.733. The van der Waals surface area contributed by atoms with Gasteiger partial charge in [-0.05, 0) is 37.0 Å². The molecule has 0 bridgehead atoms. The predicted octanol–water partition coefficient (Wildman–Crippen LogP) is 3.96. The van der Waals surface area contributed by atoms with Gasteiger partial charge in [0.2, 0.25) is 0 Å². The van der Waals surface area contributed by atoms with Crippen LogP contribution in [-0.2, 0) is 6.42 Å². The van der Waals surface area contributed by atoms with E-state index in [0.717, 1.165) is 24.8 Å². The average Bonchev–Trinajstić information content (AvgIpc) is 3.04. The first-order chi connectivity index (χ1) is 7.28. The van der Waals surface area contributed by atoms with E-state index < -0.39 is 0 Å². The van der Waals surface area contributed by atoms with Crippen LogP contribution >= 0.6 is 0 Å². The number of ether oxygens (including phenoxy) is 1. The lowest BCUT2D eigenvalue weighted by atomic mass is 10.1. The number of halogens is 1. The summed E-state index contributed by atoms with van der Waals surface area (Å²) in [6, 6.07) is 4.93. The van der Waals surface area contributed by atoms with Gasteiger partial charge in [0.25, 0.3) is 0 Å². The molecule has 0 aliphatic heterocycles. The molecule has 1 aliphatic rings. The molecule has 0 amide bonds. The minimum atomic E-state index is -0.199. The highest BCUT2D eigenvalue weighted by Gasteiger charge is 2.23. The summed E-state index contributed by atoms with van der Waals surface area (Å²) < 4.78 is 18.5. The normalized spacial score (nSPS) is 14.1. The van der Waals surface area contributed by atoms with E-state index >= 15 is 0 Å². The highest BCUT2D eigenvalue weighted by Crippen LogP contribution is 2.27. The van der Waals surface area contributed by atoms with E-state index in [0.29, 0.717) is 11.9 Å². The maximum atomic E-state index is 13.0. The van der Waals surface area contributed by atoms with E-state index in [-0.39, 0.29) is 5.82 Å². The Labute approximate surface area is 91.3 Å². The molecule has 84 valence electrons. The van der Waals surface area contributed by atoms with Gasteiger partial charge in [-0.15, -0.1) is 0 Å². The highest BCUT2D eigenvalue weighted by atomic mass is 19.1. The van der Waals surface area contributed by atoms with Gasteiger partial charge in [0.1, 0.15) is 11.6 Å². The molecule has 0 spiro atoms. The van der Waals surface area contributed by atoms with Gasteiger partial charge < -0.3 is 4.74 Å². The second-order valence-corrected chi connectivity index (χ2v) is 3.47. The fourth-order valence-corrected chi connectivity index (χ4v) is 1.27. The zero-order chi connectivity index (χ0) is 11.3. The van der Waals surface area contributed by atoms with Crippen molar-refractivity contribution in [3.8, 4) is 5.75 Å². The molecular weight excluding hydrogens is 191 g/mol. The van der Waals surface area contributed by atoms with Crippen LogP contribution in [0.25, 0.3) is 0 Å². The molecule has 1 nitrogen and oxygen atoms in total. The number of aryl methyl sites for hydroxylation is 1. The van der Waals surface area contributed by atoms with Gasteiger partial charge in [-0.1, -0.05) is 20.8 Å². The molecule has 0 saturated heterocycles. The van der Waals surface area contributed by atoms with Gasteiger partial charge in [-0.2, -0.15) is 0 Å². The van der Waals surface area contributed by atoms with Crippen LogP contribution in [0.3, 0.4) is 0 Å². The Balaban J connectivity index is 0.000000531. The molecule has 0 aromatic heterocycles. The lowest BCUT2D eigenvalue weighted by Gasteiger charge is -2.06. The van der Waals surface area contributed by atoms with Crippen molar-refractivity contribution in [3.05, 3.63) is 29.6 Å². The van der Waals surface area contributed by atoms with Crippen LogP contribution in [0.1, 0.15) is 39.2 Å². The highest BCUT2D eigenvalue weighted by molar-refractivity contribution is 5.30. The third-order valence-corrected chi connectivity index (χ3v) is 2.17. The van der Waals surface area contributed by atoms with Crippen molar-refractivity contribution in [3.63, 3.8) is 0 Å². The summed E-state index contributed by atoms with van der Waals surface area (Å²) in [5.74, 6) is 0.481. The fraction of sp³-hybridized carbons (Fsp3) is 0.538. The smallest absolute Gasteiger partial charge is 0.127 e. The van der Waals surface area contributed by atoms with Gasteiger partial charge in [-0.3, -0.25) is 0 Å². The van der Waals surface area contributed by atoms with Gasteiger partial charge in [0.05, 0.1) is 6.10 Å². The number of benzene rings is 1.